The smallest absolute Gasteiger partial charge is 0.333 e. The van der Waals surface area contributed by atoms with Crippen LogP contribution in [0.4, 0.5) is 0 Å². The molecule has 3 atom stereocenters. The van der Waals surface area contributed by atoms with Crippen LogP contribution in [0.3, 0.4) is 0 Å². The largest absolute Gasteiger partial charge is 0.390 e. The third-order valence-corrected chi connectivity index (χ3v) is 6.83. The number of hydrogen-bond donors (Lipinski definition) is 0. The van der Waals surface area contributed by atoms with Gasteiger partial charge in [0.05, 0.1) is 17.8 Å². The van der Waals surface area contributed by atoms with Gasteiger partial charge in [-0.3, -0.25) is 14.4 Å². The zero-order valence-corrected chi connectivity index (χ0v) is 23.8. The number of ether oxygens (including phenoxy) is 3. The molecule has 1 heterocycles. The van der Waals surface area contributed by atoms with Crippen LogP contribution in [0.25, 0.3) is 0 Å². The first-order chi connectivity index (χ1) is 20.4. The first-order valence-corrected chi connectivity index (χ1v) is 14.0. The Balaban J connectivity index is 1.63. The highest BCUT2D eigenvalue weighted by molar-refractivity contribution is 5.81. The zero-order valence-electron chi connectivity index (χ0n) is 23.8. The number of carbonyl (C=O) groups excluding carboxylic acids is 3. The third-order valence-electron chi connectivity index (χ3n) is 6.83. The van der Waals surface area contributed by atoms with Gasteiger partial charge in [0, 0.05) is 0 Å². The predicted octanol–water partition coefficient (Wildman–Crippen LogP) is 6.17. The van der Waals surface area contributed by atoms with Gasteiger partial charge in [-0.1, -0.05) is 112 Å². The fourth-order valence-corrected chi connectivity index (χ4v) is 4.61. The Kier molecular flexibility index (Phi) is 10.5. The second-order valence-corrected chi connectivity index (χ2v) is 9.56. The molecular formula is C33H33N3O6. The standard InChI is InChI=1S/C33H33N3O6/c1-4-25(22-16-10-7-11-17-22)28(37)40-31-34-32(41-29(38)26(5-2)23-18-12-8-13-19-23)36-33(35-31)42-30(39)27(6-3)24-20-14-9-15-21-24/h7-21,25-27H,4-6H2,1-3H3/t25-,26-,27-/m1/s1. The molecule has 0 aliphatic heterocycles. The van der Waals surface area contributed by atoms with Crippen LogP contribution in [0.1, 0.15) is 74.5 Å². The SMILES string of the molecule is CC[C@@H](C(=O)Oc1nc(OC(=O)[C@H](CC)c2ccccc2)nc(OC(=O)[C@H](CC)c2ccccc2)n1)c1ccccc1. The summed E-state index contributed by atoms with van der Waals surface area (Å²) in [4.78, 5) is 51.7. The van der Waals surface area contributed by atoms with E-state index in [1.54, 1.807) is 0 Å². The van der Waals surface area contributed by atoms with E-state index in [9.17, 15) is 14.4 Å². The monoisotopic (exact) mass is 567 g/mol. The van der Waals surface area contributed by atoms with E-state index in [4.69, 9.17) is 14.2 Å². The summed E-state index contributed by atoms with van der Waals surface area (Å²) in [6, 6.07) is 26.2. The molecule has 0 aliphatic carbocycles. The highest BCUT2D eigenvalue weighted by Crippen LogP contribution is 2.27. The van der Waals surface area contributed by atoms with E-state index < -0.39 is 53.7 Å². The normalized spacial score (nSPS) is 12.9. The summed E-state index contributed by atoms with van der Waals surface area (Å²) in [5.41, 5.74) is 2.29. The highest BCUT2D eigenvalue weighted by Gasteiger charge is 2.27. The van der Waals surface area contributed by atoms with Crippen LogP contribution in [0, 0.1) is 0 Å². The van der Waals surface area contributed by atoms with Gasteiger partial charge in [0.2, 0.25) is 0 Å². The summed E-state index contributed by atoms with van der Waals surface area (Å²) < 4.78 is 16.6. The van der Waals surface area contributed by atoms with Crippen molar-refractivity contribution >= 4 is 17.9 Å². The van der Waals surface area contributed by atoms with Gasteiger partial charge in [-0.25, -0.2) is 0 Å². The molecule has 216 valence electrons. The number of hydrogen-bond acceptors (Lipinski definition) is 9. The van der Waals surface area contributed by atoms with Crippen molar-refractivity contribution in [2.45, 2.75) is 57.8 Å². The molecule has 1 aromatic heterocycles. The Morgan fingerprint density at radius 2 is 0.714 bits per heavy atom. The lowest BCUT2D eigenvalue weighted by Gasteiger charge is -2.16. The van der Waals surface area contributed by atoms with Gasteiger partial charge in [0.1, 0.15) is 0 Å². The lowest BCUT2D eigenvalue weighted by molar-refractivity contribution is -0.136. The maximum Gasteiger partial charge on any atom is 0.333 e. The number of carbonyl (C=O) groups is 3. The van der Waals surface area contributed by atoms with Gasteiger partial charge >= 0.3 is 35.9 Å². The molecule has 0 bridgehead atoms. The molecule has 0 saturated heterocycles. The molecule has 42 heavy (non-hydrogen) atoms. The second-order valence-electron chi connectivity index (χ2n) is 9.56. The van der Waals surface area contributed by atoms with Crippen molar-refractivity contribution in [2.24, 2.45) is 0 Å². The van der Waals surface area contributed by atoms with Crippen molar-refractivity contribution < 1.29 is 28.6 Å². The Labute approximate surface area is 244 Å². The van der Waals surface area contributed by atoms with E-state index in [1.807, 2.05) is 112 Å². The first kappa shape index (κ1) is 30.0. The fourth-order valence-electron chi connectivity index (χ4n) is 4.61. The molecule has 0 spiro atoms. The summed E-state index contributed by atoms with van der Waals surface area (Å²) in [5, 5.41) is 0. The molecule has 0 fully saturated rings. The number of aromatic nitrogens is 3. The Bertz CT molecular complexity index is 1290. The van der Waals surface area contributed by atoms with Gasteiger partial charge in [0.15, 0.2) is 0 Å². The molecule has 0 saturated carbocycles. The van der Waals surface area contributed by atoms with Crippen LogP contribution < -0.4 is 14.2 Å². The van der Waals surface area contributed by atoms with Crippen LogP contribution in [-0.2, 0) is 14.4 Å². The van der Waals surface area contributed by atoms with Crippen molar-refractivity contribution in [3.05, 3.63) is 108 Å². The van der Waals surface area contributed by atoms with Crippen LogP contribution in [-0.4, -0.2) is 32.9 Å². The predicted molar refractivity (Wildman–Crippen MR) is 155 cm³/mol. The fraction of sp³-hybridized carbons (Fsp3) is 0.273. The van der Waals surface area contributed by atoms with E-state index in [1.165, 1.54) is 0 Å². The molecule has 0 aliphatic rings. The van der Waals surface area contributed by atoms with Crippen molar-refractivity contribution in [1.29, 1.82) is 0 Å². The van der Waals surface area contributed by atoms with Gasteiger partial charge in [-0.2, -0.15) is 0 Å². The van der Waals surface area contributed by atoms with Crippen molar-refractivity contribution in [3.8, 4) is 18.0 Å². The number of esters is 3. The zero-order chi connectivity index (χ0) is 29.9. The molecule has 0 amide bonds. The quantitative estimate of drug-likeness (QED) is 0.185. The van der Waals surface area contributed by atoms with E-state index in [0.29, 0.717) is 19.3 Å². The average Bonchev–Trinajstić information content (AvgIpc) is 3.00. The molecule has 9 heteroatoms. The lowest BCUT2D eigenvalue weighted by atomic mass is 9.97. The highest BCUT2D eigenvalue weighted by atomic mass is 16.6. The summed E-state index contributed by atoms with van der Waals surface area (Å²) in [7, 11) is 0. The van der Waals surface area contributed by atoms with Crippen LogP contribution in [0.15, 0.2) is 91.0 Å². The van der Waals surface area contributed by atoms with Gasteiger partial charge in [-0.15, -0.1) is 15.0 Å². The first-order valence-electron chi connectivity index (χ1n) is 14.0. The van der Waals surface area contributed by atoms with E-state index in [2.05, 4.69) is 15.0 Å². The molecule has 0 unspecified atom stereocenters. The molecular weight excluding hydrogens is 534 g/mol. The van der Waals surface area contributed by atoms with Crippen molar-refractivity contribution in [2.75, 3.05) is 0 Å². The van der Waals surface area contributed by atoms with E-state index in [0.717, 1.165) is 16.7 Å². The van der Waals surface area contributed by atoms with Crippen LogP contribution >= 0.6 is 0 Å². The summed E-state index contributed by atoms with van der Waals surface area (Å²) in [6.07, 6.45) is 1.38. The summed E-state index contributed by atoms with van der Waals surface area (Å²) in [6.45, 7) is 5.57. The van der Waals surface area contributed by atoms with Crippen molar-refractivity contribution in [3.63, 3.8) is 0 Å². The van der Waals surface area contributed by atoms with Gasteiger partial charge in [0.25, 0.3) is 0 Å². The Hall–Kier alpha value is -4.92. The number of nitrogens with zero attached hydrogens (tertiary/aromatic N) is 3. The summed E-state index contributed by atoms with van der Waals surface area (Å²) >= 11 is 0. The Morgan fingerprint density at radius 3 is 0.929 bits per heavy atom. The maximum absolute atomic E-state index is 13.2. The van der Waals surface area contributed by atoms with E-state index >= 15 is 0 Å². The molecule has 9 nitrogen and oxygen atoms in total. The minimum atomic E-state index is -0.615. The van der Waals surface area contributed by atoms with Gasteiger partial charge < -0.3 is 14.2 Å². The Morgan fingerprint density at radius 1 is 0.476 bits per heavy atom. The molecule has 0 N–H and O–H groups in total. The lowest BCUT2D eigenvalue weighted by Crippen LogP contribution is -2.23. The average molecular weight is 568 g/mol. The molecule has 3 aromatic carbocycles. The topological polar surface area (TPSA) is 118 Å². The minimum absolute atomic E-state index is 0.449. The van der Waals surface area contributed by atoms with Crippen molar-refractivity contribution in [1.82, 2.24) is 15.0 Å². The van der Waals surface area contributed by atoms with Crippen LogP contribution in [0.5, 0.6) is 18.0 Å². The number of rotatable bonds is 12. The second kappa shape index (κ2) is 14.6. The molecule has 4 aromatic rings. The van der Waals surface area contributed by atoms with Gasteiger partial charge in [-0.05, 0) is 36.0 Å². The molecule has 0 radical (unpaired) electrons. The molecule has 4 rings (SSSR count). The number of benzene rings is 3. The maximum atomic E-state index is 13.2. The van der Waals surface area contributed by atoms with Crippen LogP contribution in [0.2, 0.25) is 0 Å². The summed E-state index contributed by atoms with van der Waals surface area (Å²) in [5.74, 6) is -3.62. The minimum Gasteiger partial charge on any atom is -0.390 e. The third kappa shape index (κ3) is 7.63. The van der Waals surface area contributed by atoms with E-state index in [-0.39, 0.29) is 0 Å².